The molecule has 172 valence electrons. The van der Waals surface area contributed by atoms with Gasteiger partial charge in [-0.1, -0.05) is 35.9 Å². The van der Waals surface area contributed by atoms with Gasteiger partial charge in [-0.2, -0.15) is 20.7 Å². The number of hydrogen-bond acceptors (Lipinski definition) is 7. The van der Waals surface area contributed by atoms with Crippen molar-refractivity contribution >= 4 is 22.8 Å². The van der Waals surface area contributed by atoms with Gasteiger partial charge in [-0.05, 0) is 35.4 Å². The number of aryl methyl sites for hydroxylation is 1. The predicted molar refractivity (Wildman–Crippen MR) is 123 cm³/mol. The molecule has 0 saturated heterocycles. The molecule has 1 heterocycles. The number of rotatable bonds is 13. The van der Waals surface area contributed by atoms with Gasteiger partial charge < -0.3 is 19.5 Å². The molecule has 33 heavy (non-hydrogen) atoms. The smallest absolute Gasteiger partial charge is 0.262 e. The fourth-order valence-corrected chi connectivity index (χ4v) is 3.03. The Labute approximate surface area is 192 Å². The number of aromatic nitrogens is 3. The minimum atomic E-state index is -0.425. The summed E-state index contributed by atoms with van der Waals surface area (Å²) in [6, 6.07) is 14.0. The van der Waals surface area contributed by atoms with Crippen molar-refractivity contribution in [1.82, 2.24) is 20.7 Å². The van der Waals surface area contributed by atoms with Crippen LogP contribution < -0.4 is 5.32 Å². The van der Waals surface area contributed by atoms with Crippen LogP contribution >= 0.6 is 0 Å². The lowest BCUT2D eigenvalue weighted by Crippen LogP contribution is -2.28. The summed E-state index contributed by atoms with van der Waals surface area (Å²) in [6.45, 7) is 4.77. The molecular formula is C24H27N5O4. The number of H-pyrrole nitrogens is 1. The van der Waals surface area contributed by atoms with E-state index in [1.54, 1.807) is 12.3 Å². The van der Waals surface area contributed by atoms with Gasteiger partial charge in [0.2, 0.25) is 0 Å². The topological polar surface area (TPSA) is 122 Å². The second-order valence-corrected chi connectivity index (χ2v) is 7.27. The van der Waals surface area contributed by atoms with Crippen LogP contribution in [0.2, 0.25) is 0 Å². The zero-order valence-electron chi connectivity index (χ0n) is 18.5. The van der Waals surface area contributed by atoms with Crippen molar-refractivity contribution in [2.75, 3.05) is 39.6 Å². The minimum absolute atomic E-state index is 0.0513. The van der Waals surface area contributed by atoms with Gasteiger partial charge in [-0.3, -0.25) is 4.79 Å². The van der Waals surface area contributed by atoms with Gasteiger partial charge in [0, 0.05) is 6.54 Å². The molecule has 9 heteroatoms. The number of nitriles is 1. The number of nitrogens with one attached hydrogen (secondary N) is 2. The van der Waals surface area contributed by atoms with E-state index in [9.17, 15) is 10.1 Å². The summed E-state index contributed by atoms with van der Waals surface area (Å²) in [5.74, 6) is -0.425. The first-order valence-electron chi connectivity index (χ1n) is 10.6. The summed E-state index contributed by atoms with van der Waals surface area (Å²) in [5.41, 5.74) is 2.78. The minimum Gasteiger partial charge on any atom is -0.377 e. The van der Waals surface area contributed by atoms with E-state index in [0.717, 1.165) is 22.0 Å². The molecule has 1 amide bonds. The fraction of sp³-hybridized carbons (Fsp3) is 0.333. The highest BCUT2D eigenvalue weighted by atomic mass is 16.5. The van der Waals surface area contributed by atoms with Gasteiger partial charge in [0.25, 0.3) is 5.91 Å². The molecule has 0 radical (unpaired) electrons. The molecule has 0 saturated carbocycles. The molecule has 2 aromatic carbocycles. The number of amides is 1. The van der Waals surface area contributed by atoms with E-state index in [-0.39, 0.29) is 5.57 Å². The first-order valence-corrected chi connectivity index (χ1v) is 10.6. The first-order chi connectivity index (χ1) is 16.2. The number of ether oxygens (including phenoxy) is 3. The van der Waals surface area contributed by atoms with Gasteiger partial charge in [-0.15, -0.1) is 0 Å². The maximum atomic E-state index is 12.3. The Morgan fingerprint density at radius 1 is 1.06 bits per heavy atom. The second kappa shape index (κ2) is 13.1. The summed E-state index contributed by atoms with van der Waals surface area (Å²) in [6.07, 6.45) is 3.20. The van der Waals surface area contributed by atoms with E-state index in [1.165, 1.54) is 5.56 Å². The molecule has 0 fully saturated rings. The van der Waals surface area contributed by atoms with Gasteiger partial charge in [0.15, 0.2) is 0 Å². The van der Waals surface area contributed by atoms with Crippen molar-refractivity contribution in [3.05, 3.63) is 65.0 Å². The largest absolute Gasteiger partial charge is 0.377 e. The monoisotopic (exact) mass is 449 g/mol. The lowest BCUT2D eigenvalue weighted by Gasteiger charge is -2.07. The van der Waals surface area contributed by atoms with Crippen LogP contribution in [0.4, 0.5) is 0 Å². The molecule has 0 aliphatic rings. The molecule has 0 unspecified atom stereocenters. The third-order valence-corrected chi connectivity index (χ3v) is 4.69. The highest BCUT2D eigenvalue weighted by molar-refractivity contribution is 6.02. The third-order valence-electron chi connectivity index (χ3n) is 4.69. The molecule has 3 rings (SSSR count). The highest BCUT2D eigenvalue weighted by Crippen LogP contribution is 2.19. The predicted octanol–water partition coefficient (Wildman–Crippen LogP) is 2.54. The Bertz CT molecular complexity index is 1110. The van der Waals surface area contributed by atoms with Gasteiger partial charge in [-0.25, -0.2) is 0 Å². The highest BCUT2D eigenvalue weighted by Gasteiger charge is 2.08. The molecule has 2 N–H and O–H groups in total. The Kier molecular flexibility index (Phi) is 9.54. The molecule has 0 bridgehead atoms. The van der Waals surface area contributed by atoms with Crippen molar-refractivity contribution in [3.63, 3.8) is 0 Å². The Morgan fingerprint density at radius 2 is 1.79 bits per heavy atom. The average molecular weight is 450 g/mol. The van der Waals surface area contributed by atoms with Crippen LogP contribution in [-0.2, 0) is 25.6 Å². The molecule has 0 aliphatic heterocycles. The number of benzene rings is 2. The Morgan fingerprint density at radius 3 is 2.55 bits per heavy atom. The van der Waals surface area contributed by atoms with Crippen LogP contribution in [0.5, 0.6) is 0 Å². The molecule has 1 aromatic heterocycles. The van der Waals surface area contributed by atoms with Crippen LogP contribution in [0.15, 0.2) is 48.2 Å². The van der Waals surface area contributed by atoms with Crippen LogP contribution in [0.25, 0.3) is 16.8 Å². The lowest BCUT2D eigenvalue weighted by atomic mass is 10.0. The maximum Gasteiger partial charge on any atom is 0.262 e. The van der Waals surface area contributed by atoms with Gasteiger partial charge >= 0.3 is 0 Å². The number of fused-ring (bicyclic) bond motifs is 1. The number of carbonyl (C=O) groups is 1. The molecule has 0 aliphatic carbocycles. The summed E-state index contributed by atoms with van der Waals surface area (Å²) in [4.78, 5) is 12.3. The number of hydrogen-bond donors (Lipinski definition) is 2. The zero-order chi connectivity index (χ0) is 23.3. The fourth-order valence-electron chi connectivity index (χ4n) is 3.03. The maximum absolute atomic E-state index is 12.3. The number of carbonyl (C=O) groups excluding carboxylic acids is 1. The van der Waals surface area contributed by atoms with Crippen molar-refractivity contribution in [2.45, 2.75) is 13.5 Å². The lowest BCUT2D eigenvalue weighted by molar-refractivity contribution is -0.117. The van der Waals surface area contributed by atoms with Crippen molar-refractivity contribution in [2.24, 2.45) is 0 Å². The SMILES string of the molecule is Cc1ccc2cc(/C=C(\C#N)C(=O)NCCOCCOCCOCc3cn[nH]n3)ccc2c1. The summed E-state index contributed by atoms with van der Waals surface area (Å²) >= 11 is 0. The second-order valence-electron chi connectivity index (χ2n) is 7.27. The van der Waals surface area contributed by atoms with Crippen LogP contribution in [0.3, 0.4) is 0 Å². The average Bonchev–Trinajstić information content (AvgIpc) is 3.34. The first kappa shape index (κ1) is 24.1. The quantitative estimate of drug-likeness (QED) is 0.234. The number of aromatic amines is 1. The zero-order valence-corrected chi connectivity index (χ0v) is 18.5. The normalized spacial score (nSPS) is 11.5. The van der Waals surface area contributed by atoms with E-state index in [2.05, 4.69) is 26.8 Å². The third kappa shape index (κ3) is 8.12. The number of nitrogens with zero attached hydrogens (tertiary/aromatic N) is 3. The molecule has 0 spiro atoms. The van der Waals surface area contributed by atoms with E-state index in [4.69, 9.17) is 14.2 Å². The summed E-state index contributed by atoms with van der Waals surface area (Å²) in [7, 11) is 0. The van der Waals surface area contributed by atoms with E-state index >= 15 is 0 Å². The molecule has 0 atom stereocenters. The van der Waals surface area contributed by atoms with Crippen LogP contribution in [-0.4, -0.2) is 60.9 Å². The van der Waals surface area contributed by atoms with E-state index < -0.39 is 5.91 Å². The Hall–Kier alpha value is -3.58. The van der Waals surface area contributed by atoms with Crippen LogP contribution in [0.1, 0.15) is 16.8 Å². The molecular weight excluding hydrogens is 422 g/mol. The summed E-state index contributed by atoms with van der Waals surface area (Å²) < 4.78 is 16.2. The van der Waals surface area contributed by atoms with Crippen molar-refractivity contribution in [3.8, 4) is 6.07 Å². The standard InChI is InChI=1S/C24H27N5O4/c1-18-2-4-21-13-19(3-5-20(21)12-18)14-22(15-25)24(30)26-6-7-31-8-9-32-10-11-33-17-23-16-27-29-28-23/h2-5,12-14,16H,6-11,17H2,1H3,(H,26,30)(H,27,28,29)/b22-14+. The molecule has 9 nitrogen and oxygen atoms in total. The van der Waals surface area contributed by atoms with E-state index in [0.29, 0.717) is 46.2 Å². The Balaban J connectivity index is 1.29. The molecule has 3 aromatic rings. The van der Waals surface area contributed by atoms with Crippen LogP contribution in [0, 0.1) is 18.3 Å². The summed E-state index contributed by atoms with van der Waals surface area (Å²) in [5, 5.41) is 24.4. The van der Waals surface area contributed by atoms with Gasteiger partial charge in [0.05, 0.1) is 45.8 Å². The van der Waals surface area contributed by atoms with Crippen molar-refractivity contribution in [1.29, 1.82) is 5.26 Å². The van der Waals surface area contributed by atoms with Crippen molar-refractivity contribution < 1.29 is 19.0 Å². The van der Waals surface area contributed by atoms with Gasteiger partial charge in [0.1, 0.15) is 17.3 Å². The van der Waals surface area contributed by atoms with E-state index in [1.807, 2.05) is 43.3 Å².